The number of sulfonamides is 1. The van der Waals surface area contributed by atoms with E-state index in [1.54, 1.807) is 0 Å². The fraction of sp³-hybridized carbons (Fsp3) is 0.839. The highest BCUT2D eigenvalue weighted by atomic mass is 32.2. The van der Waals surface area contributed by atoms with E-state index in [0.717, 1.165) is 19.3 Å². The molecule has 13 nitrogen and oxygen atoms in total. The highest BCUT2D eigenvalue weighted by Gasteiger charge is 2.87. The quantitative estimate of drug-likeness (QED) is 0.269. The van der Waals surface area contributed by atoms with E-state index in [9.17, 15) is 32.4 Å². The first-order chi connectivity index (χ1) is 20.4. The molecule has 4 atom stereocenters. The molecule has 14 heteroatoms. The SMILES string of the molecule is CC(C)(C)NC(=O)N[C@H](C(=O)N1C[C@]2(C[C@H]1C(=O)NC(CC1CCC1)C(=O)C(N)=O)C(C)(C)C21CN(S(C)(=O)=O)C1)C(C)(C)C. The lowest BCUT2D eigenvalue weighted by Crippen LogP contribution is -2.61. The third kappa shape index (κ3) is 6.20. The number of rotatable bonds is 9. The summed E-state index contributed by atoms with van der Waals surface area (Å²) in [6.45, 7) is 15.8. The lowest BCUT2D eigenvalue weighted by molar-refractivity contribution is -0.143. The van der Waals surface area contributed by atoms with Crippen LogP contribution in [-0.2, 0) is 29.2 Å². The molecule has 2 spiro atoms. The Morgan fingerprint density at radius 2 is 1.51 bits per heavy atom. The predicted octanol–water partition coefficient (Wildman–Crippen LogP) is 1.12. The molecule has 0 radical (unpaired) electrons. The van der Waals surface area contributed by atoms with E-state index >= 15 is 0 Å². The normalized spacial score (nSPS) is 27.2. The summed E-state index contributed by atoms with van der Waals surface area (Å²) in [6.07, 6.45) is 4.49. The van der Waals surface area contributed by atoms with E-state index in [4.69, 9.17) is 5.73 Å². The van der Waals surface area contributed by atoms with Crippen LogP contribution in [0, 0.1) is 27.6 Å². The van der Waals surface area contributed by atoms with Crippen LogP contribution < -0.4 is 21.7 Å². The van der Waals surface area contributed by atoms with E-state index in [1.807, 2.05) is 55.4 Å². The van der Waals surface area contributed by atoms with E-state index in [2.05, 4.69) is 16.0 Å². The molecule has 4 rings (SSSR count). The van der Waals surface area contributed by atoms with E-state index < -0.39 is 84.9 Å². The number of hydrogen-bond acceptors (Lipinski definition) is 7. The Kier molecular flexibility index (Phi) is 8.74. The van der Waals surface area contributed by atoms with Crippen LogP contribution in [0.3, 0.4) is 0 Å². The molecule has 254 valence electrons. The van der Waals surface area contributed by atoms with Gasteiger partial charge in [0, 0.05) is 36.0 Å². The number of fused-ring (bicyclic) bond motifs is 1. The molecule has 4 fully saturated rings. The maximum atomic E-state index is 14.5. The van der Waals surface area contributed by atoms with Gasteiger partial charge in [-0.05, 0) is 50.4 Å². The van der Waals surface area contributed by atoms with Crippen LogP contribution in [-0.4, -0.2) is 96.7 Å². The maximum Gasteiger partial charge on any atom is 0.315 e. The molecule has 2 saturated carbocycles. The molecule has 2 aliphatic heterocycles. The van der Waals surface area contributed by atoms with Crippen molar-refractivity contribution in [2.24, 2.45) is 33.3 Å². The van der Waals surface area contributed by atoms with Crippen molar-refractivity contribution in [1.29, 1.82) is 0 Å². The third-order valence-electron chi connectivity index (χ3n) is 11.1. The monoisotopic (exact) mass is 652 g/mol. The second-order valence-electron chi connectivity index (χ2n) is 16.5. The number of amides is 5. The summed E-state index contributed by atoms with van der Waals surface area (Å²) in [5.41, 5.74) is 2.63. The highest BCUT2D eigenvalue weighted by molar-refractivity contribution is 7.88. The van der Waals surface area contributed by atoms with Gasteiger partial charge in [0.2, 0.25) is 27.6 Å². The van der Waals surface area contributed by atoms with Crippen molar-refractivity contribution < 1.29 is 32.4 Å². The van der Waals surface area contributed by atoms with Crippen molar-refractivity contribution >= 4 is 39.6 Å². The van der Waals surface area contributed by atoms with Gasteiger partial charge in [0.05, 0.1) is 12.3 Å². The molecule has 5 N–H and O–H groups in total. The minimum absolute atomic E-state index is 0.181. The van der Waals surface area contributed by atoms with Crippen LogP contribution >= 0.6 is 0 Å². The van der Waals surface area contributed by atoms with Crippen LogP contribution in [0.25, 0.3) is 0 Å². The van der Waals surface area contributed by atoms with Gasteiger partial charge in [-0.3, -0.25) is 19.2 Å². The number of primary amides is 1. The Morgan fingerprint density at radius 1 is 0.933 bits per heavy atom. The molecular formula is C31H52N6O7S. The van der Waals surface area contributed by atoms with Gasteiger partial charge in [0.15, 0.2) is 0 Å². The summed E-state index contributed by atoms with van der Waals surface area (Å²) >= 11 is 0. The number of likely N-dealkylation sites (tertiary alicyclic amines) is 1. The van der Waals surface area contributed by atoms with Gasteiger partial charge >= 0.3 is 6.03 Å². The number of nitrogens with zero attached hydrogens (tertiary/aromatic N) is 2. The molecule has 2 saturated heterocycles. The Hall–Kier alpha value is -2.74. The Balaban J connectivity index is 1.68. The second kappa shape index (κ2) is 11.2. The number of urea groups is 1. The molecule has 5 amide bonds. The van der Waals surface area contributed by atoms with Crippen molar-refractivity contribution in [2.45, 2.75) is 111 Å². The van der Waals surface area contributed by atoms with Crippen molar-refractivity contribution in [3.05, 3.63) is 0 Å². The van der Waals surface area contributed by atoms with Crippen LogP contribution in [0.2, 0.25) is 0 Å². The van der Waals surface area contributed by atoms with Gasteiger partial charge in [-0.15, -0.1) is 0 Å². The summed E-state index contributed by atoms with van der Waals surface area (Å²) in [7, 11) is -3.42. The summed E-state index contributed by atoms with van der Waals surface area (Å²) < 4.78 is 26.1. The zero-order chi connectivity index (χ0) is 34.1. The van der Waals surface area contributed by atoms with Gasteiger partial charge in [-0.1, -0.05) is 53.9 Å². The van der Waals surface area contributed by atoms with Crippen molar-refractivity contribution in [1.82, 2.24) is 25.2 Å². The smallest absolute Gasteiger partial charge is 0.315 e. The fourth-order valence-electron chi connectivity index (χ4n) is 7.97. The Labute approximate surface area is 267 Å². The van der Waals surface area contributed by atoms with Gasteiger partial charge in [0.25, 0.3) is 5.91 Å². The molecule has 2 heterocycles. The van der Waals surface area contributed by atoms with Crippen molar-refractivity contribution in [3.8, 4) is 0 Å². The largest absolute Gasteiger partial charge is 0.363 e. The van der Waals surface area contributed by atoms with Crippen LogP contribution in [0.15, 0.2) is 0 Å². The molecule has 45 heavy (non-hydrogen) atoms. The number of nitrogens with one attached hydrogen (secondary N) is 3. The number of carbonyl (C=O) groups excluding carboxylic acids is 5. The second-order valence-corrected chi connectivity index (χ2v) is 18.5. The first-order valence-corrected chi connectivity index (χ1v) is 17.7. The van der Waals surface area contributed by atoms with Gasteiger partial charge in [0.1, 0.15) is 12.1 Å². The van der Waals surface area contributed by atoms with E-state index in [1.165, 1.54) is 15.5 Å². The third-order valence-corrected chi connectivity index (χ3v) is 12.3. The van der Waals surface area contributed by atoms with Gasteiger partial charge in [-0.25, -0.2) is 17.5 Å². The first kappa shape index (κ1) is 35.1. The maximum absolute atomic E-state index is 14.5. The average molecular weight is 653 g/mol. The molecule has 0 aromatic carbocycles. The average Bonchev–Trinajstić information content (AvgIpc) is 3.06. The molecule has 0 aromatic rings. The zero-order valence-corrected chi connectivity index (χ0v) is 29.0. The minimum Gasteiger partial charge on any atom is -0.363 e. The lowest BCUT2D eigenvalue weighted by Gasteiger charge is -2.42. The standard InChI is InChI=1S/C31H52N6O7S/c1-27(2,3)22(34-26(42)35-28(4,5)6)25(41)37-17-30(29(7,8)31(30)15-36(16-31)45(9,43)44)14-20(37)24(40)33-19(21(38)23(32)39)13-18-11-10-12-18/h18-20,22H,10-17H2,1-9H3,(H2,32,39)(H,33,40)(H2,34,35,42)/t19?,20-,22+,30+/m0/s1. The number of Topliss-reactive ketones (excluding diaryl/α,β-unsaturated/α-hetero) is 1. The van der Waals surface area contributed by atoms with E-state index in [-0.39, 0.29) is 38.4 Å². The summed E-state index contributed by atoms with van der Waals surface area (Å²) in [5.74, 6) is -2.83. The van der Waals surface area contributed by atoms with Gasteiger partial charge in [-0.2, -0.15) is 0 Å². The topological polar surface area (TPSA) is 188 Å². The van der Waals surface area contributed by atoms with Crippen LogP contribution in [0.4, 0.5) is 4.79 Å². The Bertz CT molecular complexity index is 1370. The Morgan fingerprint density at radius 3 is 1.96 bits per heavy atom. The minimum atomic E-state index is -3.42. The molecule has 1 unspecified atom stereocenters. The van der Waals surface area contributed by atoms with Crippen molar-refractivity contribution in [2.75, 3.05) is 25.9 Å². The summed E-state index contributed by atoms with van der Waals surface area (Å²) in [4.78, 5) is 67.8. The van der Waals surface area contributed by atoms with Gasteiger partial charge < -0.3 is 26.6 Å². The highest BCUT2D eigenvalue weighted by Crippen LogP contribution is 2.84. The van der Waals surface area contributed by atoms with Crippen LogP contribution in [0.1, 0.15) is 87.5 Å². The summed E-state index contributed by atoms with van der Waals surface area (Å²) in [5, 5.41) is 8.43. The predicted molar refractivity (Wildman–Crippen MR) is 168 cm³/mol. The lowest BCUT2D eigenvalue weighted by atomic mass is 9.80. The summed E-state index contributed by atoms with van der Waals surface area (Å²) in [6, 6.07) is -3.64. The fourth-order valence-corrected chi connectivity index (χ4v) is 8.88. The number of nitrogens with two attached hydrogens (primary N) is 1. The first-order valence-electron chi connectivity index (χ1n) is 15.9. The molecular weight excluding hydrogens is 600 g/mol. The number of carbonyl (C=O) groups is 5. The van der Waals surface area contributed by atoms with E-state index in [0.29, 0.717) is 0 Å². The zero-order valence-electron chi connectivity index (χ0n) is 28.2. The number of hydrogen-bond donors (Lipinski definition) is 4. The molecule has 4 aliphatic rings. The molecule has 2 aliphatic carbocycles. The van der Waals surface area contributed by atoms with Crippen molar-refractivity contribution in [3.63, 3.8) is 0 Å². The molecule has 0 aromatic heterocycles. The molecule has 0 bridgehead atoms. The van der Waals surface area contributed by atoms with Crippen LogP contribution in [0.5, 0.6) is 0 Å². The number of ketones is 1.